The number of hydrogen-bond acceptors (Lipinski definition) is 5. The van der Waals surface area contributed by atoms with Crippen LogP contribution in [0.5, 0.6) is 0 Å². The minimum absolute atomic E-state index is 0.103. The van der Waals surface area contributed by atoms with Gasteiger partial charge in [-0.3, -0.25) is 5.32 Å². The Balaban J connectivity index is 1.86. The second-order valence-corrected chi connectivity index (χ2v) is 5.94. The number of aromatic nitrogens is 2. The Hall–Kier alpha value is -2.51. The van der Waals surface area contributed by atoms with E-state index in [0.717, 1.165) is 27.2 Å². The molecule has 3 rings (SSSR count). The number of aliphatic hydroxyl groups excluding tert-OH is 1. The Morgan fingerprint density at radius 3 is 2.83 bits per heavy atom. The van der Waals surface area contributed by atoms with Gasteiger partial charge in [-0.25, -0.2) is 14.8 Å². The number of aryl methyl sites for hydroxylation is 1. The Bertz CT molecular complexity index is 847. The van der Waals surface area contributed by atoms with Crippen molar-refractivity contribution in [1.82, 2.24) is 15.3 Å². The normalized spacial score (nSPS) is 10.7. The third-order valence-electron chi connectivity index (χ3n) is 3.29. The van der Waals surface area contributed by atoms with Crippen molar-refractivity contribution in [3.8, 4) is 11.3 Å². The van der Waals surface area contributed by atoms with E-state index < -0.39 is 6.03 Å². The van der Waals surface area contributed by atoms with Crippen LogP contribution in [0.1, 0.15) is 5.56 Å². The van der Waals surface area contributed by atoms with Crippen LogP contribution >= 0.6 is 11.3 Å². The first-order valence-corrected chi connectivity index (χ1v) is 7.98. The molecule has 0 saturated carbocycles. The average Bonchev–Trinajstić information content (AvgIpc) is 2.94. The molecule has 2 heterocycles. The van der Waals surface area contributed by atoms with Gasteiger partial charge in [0.25, 0.3) is 0 Å². The van der Waals surface area contributed by atoms with Crippen molar-refractivity contribution in [3.63, 3.8) is 0 Å². The number of pyridine rings is 1. The zero-order chi connectivity index (χ0) is 16.2. The highest BCUT2D eigenvalue weighted by Crippen LogP contribution is 2.28. The Morgan fingerprint density at radius 2 is 2.04 bits per heavy atom. The summed E-state index contributed by atoms with van der Waals surface area (Å²) < 4.78 is 0. The Labute approximate surface area is 137 Å². The minimum Gasteiger partial charge on any atom is -0.395 e. The summed E-state index contributed by atoms with van der Waals surface area (Å²) in [4.78, 5) is 21.3. The molecular formula is C16H16N4O2S. The molecule has 3 N–H and O–H groups in total. The lowest BCUT2D eigenvalue weighted by Gasteiger charge is -2.03. The van der Waals surface area contributed by atoms with Gasteiger partial charge in [-0.05, 0) is 24.6 Å². The highest BCUT2D eigenvalue weighted by Gasteiger charge is 2.10. The summed E-state index contributed by atoms with van der Waals surface area (Å²) >= 11 is 1.32. The van der Waals surface area contributed by atoms with Gasteiger partial charge >= 0.3 is 6.03 Å². The SMILES string of the molecule is Cc1ccccc1-c1ccc2nc(NC(=O)NCCO)sc2n1. The zero-order valence-electron chi connectivity index (χ0n) is 12.5. The van der Waals surface area contributed by atoms with Gasteiger partial charge in [0, 0.05) is 12.1 Å². The summed E-state index contributed by atoms with van der Waals surface area (Å²) in [5.74, 6) is 0. The van der Waals surface area contributed by atoms with Gasteiger partial charge < -0.3 is 10.4 Å². The van der Waals surface area contributed by atoms with Crippen molar-refractivity contribution in [2.75, 3.05) is 18.5 Å². The van der Waals surface area contributed by atoms with E-state index in [1.165, 1.54) is 11.3 Å². The van der Waals surface area contributed by atoms with Gasteiger partial charge in [0.15, 0.2) is 5.13 Å². The maximum absolute atomic E-state index is 11.6. The van der Waals surface area contributed by atoms with E-state index in [-0.39, 0.29) is 13.2 Å². The van der Waals surface area contributed by atoms with Crippen molar-refractivity contribution < 1.29 is 9.90 Å². The molecule has 0 saturated heterocycles. The molecule has 0 atom stereocenters. The van der Waals surface area contributed by atoms with E-state index in [4.69, 9.17) is 5.11 Å². The van der Waals surface area contributed by atoms with E-state index in [9.17, 15) is 4.79 Å². The molecule has 0 spiro atoms. The number of amides is 2. The Morgan fingerprint density at radius 1 is 1.22 bits per heavy atom. The van der Waals surface area contributed by atoms with Crippen LogP contribution in [0.4, 0.5) is 9.93 Å². The first-order chi connectivity index (χ1) is 11.2. The summed E-state index contributed by atoms with van der Waals surface area (Å²) in [6.07, 6.45) is 0. The van der Waals surface area contributed by atoms with Crippen molar-refractivity contribution in [2.45, 2.75) is 6.92 Å². The lowest BCUT2D eigenvalue weighted by molar-refractivity contribution is 0.245. The maximum Gasteiger partial charge on any atom is 0.321 e. The lowest BCUT2D eigenvalue weighted by Crippen LogP contribution is -2.30. The fraction of sp³-hybridized carbons (Fsp3) is 0.188. The number of thiazole rings is 1. The van der Waals surface area contributed by atoms with Crippen molar-refractivity contribution in [2.24, 2.45) is 0 Å². The van der Waals surface area contributed by atoms with Crippen LogP contribution in [0.3, 0.4) is 0 Å². The van der Waals surface area contributed by atoms with Crippen molar-refractivity contribution in [1.29, 1.82) is 0 Å². The van der Waals surface area contributed by atoms with E-state index in [1.807, 2.05) is 43.3 Å². The first-order valence-electron chi connectivity index (χ1n) is 7.16. The largest absolute Gasteiger partial charge is 0.395 e. The molecule has 0 bridgehead atoms. The van der Waals surface area contributed by atoms with Crippen LogP contribution in [-0.4, -0.2) is 34.3 Å². The lowest BCUT2D eigenvalue weighted by atomic mass is 10.1. The number of nitrogens with zero attached hydrogens (tertiary/aromatic N) is 2. The standard InChI is InChI=1S/C16H16N4O2S/c1-10-4-2-3-5-11(10)12-6-7-13-14(18-12)23-16(19-13)20-15(22)17-8-9-21/h2-7,21H,8-9H2,1H3,(H2,17,19,20,22). The molecule has 7 heteroatoms. The van der Waals surface area contributed by atoms with Gasteiger partial charge in [-0.2, -0.15) is 0 Å². The fourth-order valence-electron chi connectivity index (χ4n) is 2.19. The quantitative estimate of drug-likeness (QED) is 0.687. The molecule has 2 aromatic heterocycles. The molecule has 0 fully saturated rings. The molecule has 0 radical (unpaired) electrons. The summed E-state index contributed by atoms with van der Waals surface area (Å²) in [5.41, 5.74) is 3.86. The first kappa shape index (κ1) is 15.4. The third kappa shape index (κ3) is 3.46. The summed E-state index contributed by atoms with van der Waals surface area (Å²) in [5, 5.41) is 14.3. The maximum atomic E-state index is 11.6. The van der Waals surface area contributed by atoms with Crippen LogP contribution < -0.4 is 10.6 Å². The summed E-state index contributed by atoms with van der Waals surface area (Å²) in [6, 6.07) is 11.5. The summed E-state index contributed by atoms with van der Waals surface area (Å²) in [7, 11) is 0. The number of hydrogen-bond donors (Lipinski definition) is 3. The van der Waals surface area contributed by atoms with Gasteiger partial charge in [-0.15, -0.1) is 0 Å². The average molecular weight is 328 g/mol. The molecule has 6 nitrogen and oxygen atoms in total. The summed E-state index contributed by atoms with van der Waals surface area (Å²) in [6.45, 7) is 2.15. The number of fused-ring (bicyclic) bond motifs is 1. The molecule has 0 aliphatic rings. The Kier molecular flexibility index (Phi) is 4.50. The van der Waals surface area contributed by atoms with E-state index in [2.05, 4.69) is 20.6 Å². The predicted octanol–water partition coefficient (Wildman–Crippen LogP) is 2.78. The highest BCUT2D eigenvalue weighted by molar-refractivity contribution is 7.21. The number of urea groups is 1. The molecule has 2 amide bonds. The molecule has 3 aromatic rings. The van der Waals surface area contributed by atoms with Crippen molar-refractivity contribution in [3.05, 3.63) is 42.0 Å². The second-order valence-electron chi connectivity index (χ2n) is 4.96. The van der Waals surface area contributed by atoms with E-state index in [1.54, 1.807) is 0 Å². The van der Waals surface area contributed by atoms with Gasteiger partial charge in [0.2, 0.25) is 0 Å². The van der Waals surface area contributed by atoms with Crippen molar-refractivity contribution >= 4 is 32.8 Å². The second kappa shape index (κ2) is 6.72. The van der Waals surface area contributed by atoms with Gasteiger partial charge in [0.05, 0.1) is 12.3 Å². The smallest absolute Gasteiger partial charge is 0.321 e. The number of nitrogens with one attached hydrogen (secondary N) is 2. The number of anilines is 1. The topological polar surface area (TPSA) is 87.1 Å². The highest BCUT2D eigenvalue weighted by atomic mass is 32.1. The van der Waals surface area contributed by atoms with Gasteiger partial charge in [-0.1, -0.05) is 35.6 Å². The van der Waals surface area contributed by atoms with Crippen LogP contribution in [0, 0.1) is 6.92 Å². The number of rotatable bonds is 4. The van der Waals surface area contributed by atoms with Crippen LogP contribution in [0.15, 0.2) is 36.4 Å². The molecule has 118 valence electrons. The van der Waals surface area contributed by atoms with E-state index >= 15 is 0 Å². The van der Waals surface area contributed by atoms with Crippen LogP contribution in [0.25, 0.3) is 21.6 Å². The van der Waals surface area contributed by atoms with Crippen LogP contribution in [0.2, 0.25) is 0 Å². The predicted molar refractivity (Wildman–Crippen MR) is 91.7 cm³/mol. The molecule has 0 aliphatic carbocycles. The fourth-order valence-corrected chi connectivity index (χ4v) is 3.02. The van der Waals surface area contributed by atoms with Gasteiger partial charge in [0.1, 0.15) is 10.3 Å². The number of carbonyl (C=O) groups excluding carboxylic acids is 1. The molecule has 0 unspecified atom stereocenters. The third-order valence-corrected chi connectivity index (χ3v) is 4.17. The van der Waals surface area contributed by atoms with E-state index in [0.29, 0.717) is 5.13 Å². The number of aliphatic hydroxyl groups is 1. The molecule has 0 aliphatic heterocycles. The number of carbonyl (C=O) groups is 1. The molecule has 23 heavy (non-hydrogen) atoms. The number of benzene rings is 1. The molecular weight excluding hydrogens is 312 g/mol. The van der Waals surface area contributed by atoms with Crippen LogP contribution in [-0.2, 0) is 0 Å². The monoisotopic (exact) mass is 328 g/mol. The zero-order valence-corrected chi connectivity index (χ0v) is 13.4. The minimum atomic E-state index is -0.391. The molecule has 1 aromatic carbocycles.